The number of anilines is 1. The Bertz CT molecular complexity index is 821. The van der Waals surface area contributed by atoms with Crippen molar-refractivity contribution in [3.8, 4) is 16.2 Å². The Labute approximate surface area is 194 Å². The Morgan fingerprint density at radius 2 is 2.06 bits per heavy atom. The first-order valence-electron chi connectivity index (χ1n) is 11.6. The van der Waals surface area contributed by atoms with Crippen LogP contribution in [0, 0.1) is 12.8 Å². The number of unbranched alkanes of at least 4 members (excludes halogenated alkanes) is 1. The number of thiazole rings is 1. The Hall–Kier alpha value is -1.28. The van der Waals surface area contributed by atoms with Crippen molar-refractivity contribution in [3.05, 3.63) is 23.9 Å². The summed E-state index contributed by atoms with van der Waals surface area (Å²) in [4.78, 5) is 6.56. The van der Waals surface area contributed by atoms with Crippen LogP contribution in [0.2, 0.25) is 0 Å². The van der Waals surface area contributed by atoms with Crippen molar-refractivity contribution in [2.24, 2.45) is 5.92 Å². The monoisotopic (exact) mass is 463 g/mol. The maximum atomic E-state index is 13.0. The molecule has 5 nitrogen and oxygen atoms in total. The van der Waals surface area contributed by atoms with Gasteiger partial charge in [-0.15, -0.1) is 4.72 Å². The highest BCUT2D eigenvalue weighted by Crippen LogP contribution is 2.37. The number of hydrogen-bond acceptors (Lipinski definition) is 6. The Morgan fingerprint density at radius 3 is 2.77 bits per heavy atom. The van der Waals surface area contributed by atoms with Gasteiger partial charge >= 0.3 is 0 Å². The van der Waals surface area contributed by atoms with Gasteiger partial charge in [0, 0.05) is 12.6 Å². The SMILES string of the molecule is CCCCC(C)N[S+]([O-])c1cc(-c2sc(NCC3CCCCC3)nc2C)ccc1OC. The van der Waals surface area contributed by atoms with Crippen molar-refractivity contribution >= 4 is 27.8 Å². The van der Waals surface area contributed by atoms with Crippen molar-refractivity contribution in [1.29, 1.82) is 0 Å². The zero-order chi connectivity index (χ0) is 22.2. The second kappa shape index (κ2) is 12.1. The minimum Gasteiger partial charge on any atom is -0.593 e. The summed E-state index contributed by atoms with van der Waals surface area (Å²) in [7, 11) is 1.63. The van der Waals surface area contributed by atoms with Crippen LogP contribution in [0.15, 0.2) is 23.1 Å². The number of aromatic nitrogens is 1. The normalized spacial score (nSPS) is 16.8. The van der Waals surface area contributed by atoms with E-state index in [9.17, 15) is 4.55 Å². The molecular weight excluding hydrogens is 426 g/mol. The van der Waals surface area contributed by atoms with E-state index in [4.69, 9.17) is 9.72 Å². The van der Waals surface area contributed by atoms with Crippen molar-refractivity contribution in [2.75, 3.05) is 19.0 Å². The fourth-order valence-corrected chi connectivity index (χ4v) is 6.29. The summed E-state index contributed by atoms with van der Waals surface area (Å²) in [5.74, 6) is 1.41. The maximum absolute atomic E-state index is 13.0. The van der Waals surface area contributed by atoms with Crippen LogP contribution in [-0.2, 0) is 11.4 Å². The molecular formula is C24H37N3O2S2. The van der Waals surface area contributed by atoms with Gasteiger partial charge in [-0.25, -0.2) is 4.98 Å². The molecule has 1 saturated carbocycles. The van der Waals surface area contributed by atoms with E-state index in [1.165, 1.54) is 32.1 Å². The van der Waals surface area contributed by atoms with E-state index < -0.39 is 11.4 Å². The number of benzene rings is 1. The minimum absolute atomic E-state index is 0.190. The minimum atomic E-state index is -1.33. The molecule has 1 heterocycles. The highest BCUT2D eigenvalue weighted by Gasteiger charge is 2.23. The van der Waals surface area contributed by atoms with E-state index >= 15 is 0 Å². The van der Waals surface area contributed by atoms with Crippen molar-refractivity contribution in [1.82, 2.24) is 9.71 Å². The molecule has 0 radical (unpaired) electrons. The third-order valence-corrected chi connectivity index (χ3v) is 8.49. The van der Waals surface area contributed by atoms with Gasteiger partial charge in [-0.3, -0.25) is 0 Å². The molecule has 3 rings (SSSR count). The molecule has 0 spiro atoms. The summed E-state index contributed by atoms with van der Waals surface area (Å²) < 4.78 is 21.8. The summed E-state index contributed by atoms with van der Waals surface area (Å²) in [5, 5.41) is 4.54. The summed E-state index contributed by atoms with van der Waals surface area (Å²) in [5.41, 5.74) is 2.04. The molecule has 2 N–H and O–H groups in total. The Kier molecular flexibility index (Phi) is 9.50. The lowest BCUT2D eigenvalue weighted by molar-refractivity contribution is 0.373. The lowest BCUT2D eigenvalue weighted by atomic mass is 9.89. The molecule has 1 aliphatic rings. The molecule has 1 aromatic carbocycles. The highest BCUT2D eigenvalue weighted by molar-refractivity contribution is 7.89. The molecule has 31 heavy (non-hydrogen) atoms. The van der Waals surface area contributed by atoms with E-state index in [1.54, 1.807) is 18.4 Å². The van der Waals surface area contributed by atoms with Crippen LogP contribution >= 0.6 is 11.3 Å². The van der Waals surface area contributed by atoms with Crippen LogP contribution in [-0.4, -0.2) is 29.2 Å². The van der Waals surface area contributed by atoms with Gasteiger partial charge in [0.15, 0.2) is 10.9 Å². The average Bonchev–Trinajstić information content (AvgIpc) is 3.17. The lowest BCUT2D eigenvalue weighted by Gasteiger charge is -2.21. The van der Waals surface area contributed by atoms with Crippen LogP contribution in [0.5, 0.6) is 5.75 Å². The molecule has 0 saturated heterocycles. The Balaban J connectivity index is 1.73. The fraction of sp³-hybridized carbons (Fsp3) is 0.625. The maximum Gasteiger partial charge on any atom is 0.216 e. The van der Waals surface area contributed by atoms with E-state index in [1.807, 2.05) is 25.1 Å². The molecule has 172 valence electrons. The van der Waals surface area contributed by atoms with Gasteiger partial charge in [0.05, 0.1) is 35.1 Å². The number of nitrogens with one attached hydrogen (secondary N) is 2. The molecule has 2 unspecified atom stereocenters. The number of hydrogen-bond donors (Lipinski definition) is 2. The van der Waals surface area contributed by atoms with Crippen LogP contribution in [0.1, 0.15) is 70.9 Å². The number of aryl methyl sites for hydroxylation is 1. The summed E-state index contributed by atoms with van der Waals surface area (Å²) >= 11 is 0.352. The topological polar surface area (TPSA) is 69.2 Å². The molecule has 1 fully saturated rings. The van der Waals surface area contributed by atoms with Crippen LogP contribution < -0.4 is 14.8 Å². The molecule has 0 amide bonds. The number of ether oxygens (including phenoxy) is 1. The summed E-state index contributed by atoms with van der Waals surface area (Å²) in [6.07, 6.45) is 10.00. The van der Waals surface area contributed by atoms with Crippen LogP contribution in [0.3, 0.4) is 0 Å². The fourth-order valence-electron chi connectivity index (χ4n) is 4.14. The number of rotatable bonds is 11. The third kappa shape index (κ3) is 6.85. The van der Waals surface area contributed by atoms with Crippen molar-refractivity contribution < 1.29 is 9.29 Å². The third-order valence-electron chi connectivity index (χ3n) is 5.99. The summed E-state index contributed by atoms with van der Waals surface area (Å²) in [6, 6.07) is 6.12. The van der Waals surface area contributed by atoms with Gasteiger partial charge in [0.1, 0.15) is 0 Å². The first-order valence-corrected chi connectivity index (χ1v) is 13.6. The van der Waals surface area contributed by atoms with Gasteiger partial charge in [0.25, 0.3) is 0 Å². The van der Waals surface area contributed by atoms with E-state index in [-0.39, 0.29) is 6.04 Å². The molecule has 2 aromatic rings. The molecule has 0 aliphatic heterocycles. The van der Waals surface area contributed by atoms with Gasteiger partial charge in [0.2, 0.25) is 4.90 Å². The lowest BCUT2D eigenvalue weighted by Crippen LogP contribution is -2.32. The molecule has 7 heteroatoms. The molecule has 1 aromatic heterocycles. The molecule has 2 atom stereocenters. The first kappa shape index (κ1) is 24.4. The number of nitrogens with zero attached hydrogens (tertiary/aromatic N) is 1. The van der Waals surface area contributed by atoms with Crippen molar-refractivity contribution in [2.45, 2.75) is 83.1 Å². The predicted molar refractivity (Wildman–Crippen MR) is 132 cm³/mol. The molecule has 0 bridgehead atoms. The summed E-state index contributed by atoms with van der Waals surface area (Å²) in [6.45, 7) is 7.31. The first-order chi connectivity index (χ1) is 15.0. The quantitative estimate of drug-likeness (QED) is 0.382. The second-order valence-electron chi connectivity index (χ2n) is 8.61. The van der Waals surface area contributed by atoms with Crippen molar-refractivity contribution in [3.63, 3.8) is 0 Å². The zero-order valence-electron chi connectivity index (χ0n) is 19.3. The molecule has 1 aliphatic carbocycles. The smallest absolute Gasteiger partial charge is 0.216 e. The van der Waals surface area contributed by atoms with Gasteiger partial charge < -0.3 is 14.6 Å². The van der Waals surface area contributed by atoms with Gasteiger partial charge in [-0.05, 0) is 56.7 Å². The largest absolute Gasteiger partial charge is 0.593 e. The zero-order valence-corrected chi connectivity index (χ0v) is 21.0. The highest BCUT2D eigenvalue weighted by atomic mass is 32.2. The average molecular weight is 464 g/mol. The Morgan fingerprint density at radius 1 is 1.29 bits per heavy atom. The predicted octanol–water partition coefficient (Wildman–Crippen LogP) is 6.31. The van der Waals surface area contributed by atoms with E-state index in [0.717, 1.165) is 53.0 Å². The van der Waals surface area contributed by atoms with Gasteiger partial charge in [-0.1, -0.05) is 50.4 Å². The van der Waals surface area contributed by atoms with Crippen LogP contribution in [0.25, 0.3) is 10.4 Å². The van der Waals surface area contributed by atoms with Gasteiger partial charge in [-0.2, -0.15) is 0 Å². The van der Waals surface area contributed by atoms with Crippen LogP contribution in [0.4, 0.5) is 5.13 Å². The standard InChI is InChI=1S/C24H37N3O2S2/c1-5-6-10-17(2)27-31(28)22-15-20(13-14-21(22)29-4)23-18(3)26-24(30-23)25-16-19-11-8-7-9-12-19/h13-15,17,19,27H,5-12,16H2,1-4H3,(H,25,26). The second-order valence-corrected chi connectivity index (χ2v) is 10.8. The number of methoxy groups -OCH3 is 1. The van der Waals surface area contributed by atoms with E-state index in [0.29, 0.717) is 10.6 Å². The van der Waals surface area contributed by atoms with E-state index in [2.05, 4.69) is 23.9 Å².